The largest absolute Gasteiger partial charge is 0.316 e. The molecular weight excluding hydrogens is 294 g/mol. The van der Waals surface area contributed by atoms with Crippen molar-refractivity contribution in [2.75, 3.05) is 12.1 Å². The highest BCUT2D eigenvalue weighted by atomic mass is 15.5. The maximum atomic E-state index is 3.48. The van der Waals surface area contributed by atoms with Gasteiger partial charge in [0.25, 0.3) is 0 Å². The topological polar surface area (TPSA) is 27.3 Å². The fourth-order valence-electron chi connectivity index (χ4n) is 3.11. The van der Waals surface area contributed by atoms with Gasteiger partial charge in [-0.25, -0.2) is 5.43 Å². The van der Waals surface area contributed by atoms with Gasteiger partial charge in [-0.1, -0.05) is 50.2 Å². The zero-order chi connectivity index (χ0) is 17.1. The van der Waals surface area contributed by atoms with Gasteiger partial charge in [0.2, 0.25) is 0 Å². The van der Waals surface area contributed by atoms with E-state index >= 15 is 0 Å². The molecule has 0 aromatic heterocycles. The fourth-order valence-corrected chi connectivity index (χ4v) is 3.11. The summed E-state index contributed by atoms with van der Waals surface area (Å²) in [4.78, 5) is 0. The van der Waals surface area contributed by atoms with Crippen molar-refractivity contribution in [1.82, 2.24) is 10.7 Å². The molecule has 2 N–H and O–H groups in total. The number of anilines is 1. The molecule has 1 unspecified atom stereocenters. The summed E-state index contributed by atoms with van der Waals surface area (Å²) in [6.45, 7) is 7.55. The molecule has 1 aliphatic heterocycles. The second kappa shape index (κ2) is 7.20. The average Bonchev–Trinajstić information content (AvgIpc) is 3.01. The van der Waals surface area contributed by atoms with Crippen LogP contribution >= 0.6 is 0 Å². The first-order chi connectivity index (χ1) is 11.6. The smallest absolute Gasteiger partial charge is 0.0611 e. The van der Waals surface area contributed by atoms with Gasteiger partial charge in [0, 0.05) is 18.8 Å². The Bertz CT molecular complexity index is 716. The lowest BCUT2D eigenvalue weighted by molar-refractivity contribution is 0.678. The van der Waals surface area contributed by atoms with Crippen molar-refractivity contribution < 1.29 is 0 Å². The molecule has 0 amide bonds. The highest BCUT2D eigenvalue weighted by Gasteiger charge is 2.17. The van der Waals surface area contributed by atoms with Gasteiger partial charge in [-0.3, -0.25) is 5.01 Å². The molecule has 3 rings (SSSR count). The minimum atomic E-state index is 0.370. The summed E-state index contributed by atoms with van der Waals surface area (Å²) in [7, 11) is 1.97. The van der Waals surface area contributed by atoms with Gasteiger partial charge in [-0.05, 0) is 54.3 Å². The van der Waals surface area contributed by atoms with Crippen LogP contribution in [0.5, 0.6) is 0 Å². The summed E-state index contributed by atoms with van der Waals surface area (Å²) in [6, 6.07) is 15.9. The van der Waals surface area contributed by atoms with Crippen molar-refractivity contribution >= 4 is 5.69 Å². The molecule has 3 nitrogen and oxygen atoms in total. The van der Waals surface area contributed by atoms with E-state index in [4.69, 9.17) is 0 Å². The first kappa shape index (κ1) is 16.7. The van der Waals surface area contributed by atoms with E-state index < -0.39 is 0 Å². The Kier molecular flexibility index (Phi) is 5.03. The number of hydrogen-bond donors (Lipinski definition) is 2. The molecule has 24 heavy (non-hydrogen) atoms. The van der Waals surface area contributed by atoms with E-state index in [-0.39, 0.29) is 0 Å². The van der Waals surface area contributed by atoms with E-state index in [1.807, 2.05) is 7.05 Å². The third-order valence-electron chi connectivity index (χ3n) is 4.45. The predicted molar refractivity (Wildman–Crippen MR) is 103 cm³/mol. The molecule has 0 fully saturated rings. The first-order valence-corrected chi connectivity index (χ1v) is 8.70. The Morgan fingerprint density at radius 2 is 1.79 bits per heavy atom. The van der Waals surface area contributed by atoms with Crippen molar-refractivity contribution in [1.29, 1.82) is 0 Å². The predicted octanol–water partition coefficient (Wildman–Crippen LogP) is 4.42. The lowest BCUT2D eigenvalue weighted by Crippen LogP contribution is -2.34. The van der Waals surface area contributed by atoms with Crippen LogP contribution in [0.4, 0.5) is 5.69 Å². The summed E-state index contributed by atoms with van der Waals surface area (Å²) in [5.74, 6) is 0.484. The summed E-state index contributed by atoms with van der Waals surface area (Å²) < 4.78 is 0. The Balaban J connectivity index is 1.96. The molecular formula is C21H27N3. The van der Waals surface area contributed by atoms with E-state index in [0.717, 1.165) is 6.54 Å². The Morgan fingerprint density at radius 1 is 1.08 bits per heavy atom. The second-order valence-electron chi connectivity index (χ2n) is 6.78. The Labute approximate surface area is 145 Å². The summed E-state index contributed by atoms with van der Waals surface area (Å²) >= 11 is 0. The molecule has 0 bridgehead atoms. The van der Waals surface area contributed by atoms with E-state index in [1.165, 1.54) is 27.9 Å². The number of hydrogen-bond acceptors (Lipinski definition) is 3. The second-order valence-corrected chi connectivity index (χ2v) is 6.78. The molecule has 2 aromatic rings. The summed E-state index contributed by atoms with van der Waals surface area (Å²) in [5, 5.41) is 5.34. The van der Waals surface area contributed by atoms with Crippen molar-refractivity contribution in [3.63, 3.8) is 0 Å². The third kappa shape index (κ3) is 3.53. The van der Waals surface area contributed by atoms with E-state index in [0.29, 0.717) is 12.0 Å². The van der Waals surface area contributed by atoms with Crippen LogP contribution < -0.4 is 15.8 Å². The van der Waals surface area contributed by atoms with E-state index in [1.54, 1.807) is 0 Å². The maximum Gasteiger partial charge on any atom is 0.0611 e. The number of nitrogens with one attached hydrogen (secondary N) is 2. The van der Waals surface area contributed by atoms with E-state index in [2.05, 4.69) is 91.3 Å². The number of benzene rings is 2. The van der Waals surface area contributed by atoms with Crippen LogP contribution in [0.3, 0.4) is 0 Å². The molecule has 3 heteroatoms. The first-order valence-electron chi connectivity index (χ1n) is 8.70. The highest BCUT2D eigenvalue weighted by Crippen LogP contribution is 2.33. The Morgan fingerprint density at radius 3 is 2.38 bits per heavy atom. The monoisotopic (exact) mass is 321 g/mol. The lowest BCUT2D eigenvalue weighted by atomic mass is 9.96. The van der Waals surface area contributed by atoms with Crippen molar-refractivity contribution in [3.8, 4) is 11.1 Å². The highest BCUT2D eigenvalue weighted by molar-refractivity contribution is 5.72. The molecule has 0 radical (unpaired) electrons. The zero-order valence-corrected chi connectivity index (χ0v) is 15.0. The van der Waals surface area contributed by atoms with Crippen molar-refractivity contribution in [3.05, 3.63) is 65.9 Å². The molecule has 1 aliphatic rings. The van der Waals surface area contributed by atoms with Crippen LogP contribution in [-0.2, 0) is 6.54 Å². The van der Waals surface area contributed by atoms with Crippen LogP contribution in [0.15, 0.2) is 54.7 Å². The quantitative estimate of drug-likeness (QED) is 0.853. The van der Waals surface area contributed by atoms with Crippen LogP contribution in [0.1, 0.15) is 37.8 Å². The van der Waals surface area contributed by atoms with Gasteiger partial charge in [0.1, 0.15) is 0 Å². The van der Waals surface area contributed by atoms with Crippen LogP contribution in [0, 0.1) is 0 Å². The molecule has 0 spiro atoms. The minimum absolute atomic E-state index is 0.370. The number of hydrazine groups is 1. The van der Waals surface area contributed by atoms with Crippen LogP contribution in [0.2, 0.25) is 0 Å². The normalized spacial score (nSPS) is 17.0. The lowest BCUT2D eigenvalue weighted by Gasteiger charge is -2.24. The van der Waals surface area contributed by atoms with Gasteiger partial charge < -0.3 is 5.32 Å². The third-order valence-corrected chi connectivity index (χ3v) is 4.45. The van der Waals surface area contributed by atoms with Crippen LogP contribution in [0.25, 0.3) is 11.1 Å². The van der Waals surface area contributed by atoms with Gasteiger partial charge in [-0.2, -0.15) is 0 Å². The van der Waals surface area contributed by atoms with Crippen molar-refractivity contribution in [2.24, 2.45) is 0 Å². The molecule has 0 saturated heterocycles. The van der Waals surface area contributed by atoms with E-state index in [9.17, 15) is 0 Å². The zero-order valence-electron chi connectivity index (χ0n) is 15.0. The maximum absolute atomic E-state index is 3.48. The molecule has 126 valence electrons. The fraction of sp³-hybridized carbons (Fsp3) is 0.333. The molecule has 2 aromatic carbocycles. The number of rotatable bonds is 5. The Hall–Kier alpha value is -2.10. The van der Waals surface area contributed by atoms with Crippen LogP contribution in [-0.4, -0.2) is 13.1 Å². The minimum Gasteiger partial charge on any atom is -0.316 e. The summed E-state index contributed by atoms with van der Waals surface area (Å²) in [6.07, 6.45) is 4.31. The molecule has 1 heterocycles. The van der Waals surface area contributed by atoms with Gasteiger partial charge in [0.05, 0.1) is 5.69 Å². The summed E-state index contributed by atoms with van der Waals surface area (Å²) in [5.41, 5.74) is 9.89. The molecule has 1 atom stereocenters. The van der Waals surface area contributed by atoms with Crippen molar-refractivity contribution in [2.45, 2.75) is 39.3 Å². The van der Waals surface area contributed by atoms with Gasteiger partial charge in [0.15, 0.2) is 0 Å². The van der Waals surface area contributed by atoms with Gasteiger partial charge >= 0.3 is 0 Å². The molecule has 0 aliphatic carbocycles. The van der Waals surface area contributed by atoms with Gasteiger partial charge in [-0.15, -0.1) is 0 Å². The SMILES string of the molecule is CNCc1ccc(-c2ccc(C(C)C)c(N3C=CC(C)N3)c2)cc1. The average molecular weight is 321 g/mol. The standard InChI is InChI=1S/C21H27N3/c1-15(2)20-10-9-19(13-21(20)24-12-11-16(3)23-24)18-7-5-17(6-8-18)14-22-4/h5-13,15-16,22-23H,14H2,1-4H3. The number of nitrogens with zero attached hydrogens (tertiary/aromatic N) is 1. The molecule has 0 saturated carbocycles.